The number of nitrogens with zero attached hydrogens (tertiary/aromatic N) is 3. The fourth-order valence-electron chi connectivity index (χ4n) is 2.95. The monoisotopic (exact) mass is 379 g/mol. The molecule has 1 aromatic heterocycles. The number of fused-ring (bicyclic) bond motifs is 1. The SMILES string of the molecule is NC(=S)N/N=C/c1c(-c2ccc(-c3ccccc3)cc2)nc2n1CCS2. The molecule has 3 N–H and O–H groups in total. The Morgan fingerprint density at radius 2 is 1.81 bits per heavy atom. The number of hydrazone groups is 1. The van der Waals surface area contributed by atoms with Gasteiger partial charge >= 0.3 is 0 Å². The van der Waals surface area contributed by atoms with E-state index in [9.17, 15) is 0 Å². The normalized spacial score (nSPS) is 13.1. The lowest BCUT2D eigenvalue weighted by atomic mass is 10.0. The molecule has 0 spiro atoms. The Kier molecular flexibility index (Phi) is 4.73. The number of aromatic nitrogens is 2. The largest absolute Gasteiger partial charge is 0.375 e. The lowest BCUT2D eigenvalue weighted by molar-refractivity contribution is 0.715. The quantitative estimate of drug-likeness (QED) is 0.413. The fourth-order valence-corrected chi connectivity index (χ4v) is 3.96. The maximum atomic E-state index is 5.45. The van der Waals surface area contributed by atoms with Gasteiger partial charge in [-0.05, 0) is 23.3 Å². The molecule has 0 unspecified atom stereocenters. The van der Waals surface area contributed by atoms with E-state index in [0.717, 1.165) is 34.4 Å². The molecule has 130 valence electrons. The first-order chi connectivity index (χ1) is 12.7. The number of thiocarbonyl (C=S) groups is 1. The number of thioether (sulfide) groups is 1. The number of hydrogen-bond donors (Lipinski definition) is 2. The van der Waals surface area contributed by atoms with Crippen LogP contribution in [0.2, 0.25) is 0 Å². The van der Waals surface area contributed by atoms with Gasteiger partial charge in [0.15, 0.2) is 10.3 Å². The summed E-state index contributed by atoms with van der Waals surface area (Å²) in [5, 5.41) is 5.29. The van der Waals surface area contributed by atoms with Crippen molar-refractivity contribution < 1.29 is 0 Å². The van der Waals surface area contributed by atoms with Crippen molar-refractivity contribution in [2.75, 3.05) is 5.75 Å². The summed E-state index contributed by atoms with van der Waals surface area (Å²) < 4.78 is 2.18. The molecule has 0 radical (unpaired) electrons. The van der Waals surface area contributed by atoms with Crippen LogP contribution < -0.4 is 11.2 Å². The number of benzene rings is 2. The third-order valence-corrected chi connectivity index (χ3v) is 5.19. The average Bonchev–Trinajstić information content (AvgIpc) is 3.25. The van der Waals surface area contributed by atoms with Crippen molar-refractivity contribution in [2.45, 2.75) is 11.7 Å². The molecular weight excluding hydrogens is 362 g/mol. The van der Waals surface area contributed by atoms with Crippen LogP contribution in [0.1, 0.15) is 5.69 Å². The molecule has 0 bridgehead atoms. The van der Waals surface area contributed by atoms with Gasteiger partial charge in [-0.1, -0.05) is 66.4 Å². The Morgan fingerprint density at radius 1 is 1.12 bits per heavy atom. The lowest BCUT2D eigenvalue weighted by Gasteiger charge is -2.05. The summed E-state index contributed by atoms with van der Waals surface area (Å²) in [7, 11) is 0. The van der Waals surface area contributed by atoms with E-state index in [0.29, 0.717) is 0 Å². The van der Waals surface area contributed by atoms with Crippen LogP contribution in [0.3, 0.4) is 0 Å². The van der Waals surface area contributed by atoms with E-state index in [1.165, 1.54) is 11.1 Å². The van der Waals surface area contributed by atoms with Crippen LogP contribution in [0.15, 0.2) is 64.9 Å². The van der Waals surface area contributed by atoms with E-state index < -0.39 is 0 Å². The predicted molar refractivity (Wildman–Crippen MR) is 111 cm³/mol. The van der Waals surface area contributed by atoms with Crippen LogP contribution in [0.5, 0.6) is 0 Å². The second-order valence-corrected chi connectivity index (χ2v) is 7.31. The van der Waals surface area contributed by atoms with E-state index in [1.807, 2.05) is 18.2 Å². The molecule has 1 aliphatic rings. The van der Waals surface area contributed by atoms with Gasteiger partial charge in [-0.3, -0.25) is 5.43 Å². The molecule has 4 rings (SSSR count). The molecule has 1 aliphatic heterocycles. The average molecular weight is 380 g/mol. The van der Waals surface area contributed by atoms with Gasteiger partial charge in [-0.25, -0.2) is 4.98 Å². The second kappa shape index (κ2) is 7.31. The third kappa shape index (κ3) is 3.36. The van der Waals surface area contributed by atoms with Crippen molar-refractivity contribution in [3.8, 4) is 22.4 Å². The number of nitrogens with one attached hydrogen (secondary N) is 1. The van der Waals surface area contributed by atoms with Crippen molar-refractivity contribution in [1.29, 1.82) is 0 Å². The molecule has 2 heterocycles. The van der Waals surface area contributed by atoms with E-state index in [4.69, 9.17) is 22.9 Å². The second-order valence-electron chi connectivity index (χ2n) is 5.81. The van der Waals surface area contributed by atoms with Crippen molar-refractivity contribution >= 4 is 35.3 Å². The summed E-state index contributed by atoms with van der Waals surface area (Å²) in [5.74, 6) is 1.03. The number of imidazole rings is 1. The predicted octanol–water partition coefficient (Wildman–Crippen LogP) is 3.49. The summed E-state index contributed by atoms with van der Waals surface area (Å²) in [5.41, 5.74) is 13.4. The highest BCUT2D eigenvalue weighted by atomic mass is 32.2. The minimum absolute atomic E-state index is 0.144. The van der Waals surface area contributed by atoms with Crippen molar-refractivity contribution in [1.82, 2.24) is 15.0 Å². The van der Waals surface area contributed by atoms with E-state index in [1.54, 1.807) is 18.0 Å². The first-order valence-corrected chi connectivity index (χ1v) is 9.59. The molecule has 0 fully saturated rings. The van der Waals surface area contributed by atoms with E-state index in [2.05, 4.69) is 51.5 Å². The highest BCUT2D eigenvalue weighted by Crippen LogP contribution is 2.33. The Bertz CT molecular complexity index is 962. The van der Waals surface area contributed by atoms with Crippen molar-refractivity contribution in [3.05, 3.63) is 60.3 Å². The zero-order valence-corrected chi connectivity index (χ0v) is 15.6. The standard InChI is InChI=1S/C19H17N5S2/c20-18(25)23-21-12-16-17(22-19-24(16)10-11-26-19)15-8-6-14(7-9-15)13-4-2-1-3-5-13/h1-9,12H,10-11H2,(H3,20,23,25)/b21-12+. The van der Waals surface area contributed by atoms with Gasteiger partial charge in [0.2, 0.25) is 0 Å². The molecule has 0 saturated carbocycles. The molecule has 2 aromatic carbocycles. The minimum atomic E-state index is 0.144. The summed E-state index contributed by atoms with van der Waals surface area (Å²) in [6.07, 6.45) is 1.74. The van der Waals surface area contributed by atoms with Crippen LogP contribution in [0.4, 0.5) is 0 Å². The Balaban J connectivity index is 1.69. The minimum Gasteiger partial charge on any atom is -0.375 e. The Hall–Kier alpha value is -2.64. The fraction of sp³-hybridized carbons (Fsp3) is 0.105. The molecule has 5 nitrogen and oxygen atoms in total. The molecule has 0 saturated heterocycles. The number of hydrogen-bond acceptors (Lipinski definition) is 4. The molecule has 0 amide bonds. The van der Waals surface area contributed by atoms with E-state index in [-0.39, 0.29) is 5.11 Å². The van der Waals surface area contributed by atoms with Gasteiger partial charge in [0.1, 0.15) is 0 Å². The first-order valence-electron chi connectivity index (χ1n) is 8.20. The van der Waals surface area contributed by atoms with Gasteiger partial charge in [0, 0.05) is 17.9 Å². The van der Waals surface area contributed by atoms with Crippen LogP contribution in [-0.2, 0) is 6.54 Å². The van der Waals surface area contributed by atoms with Crippen LogP contribution in [0.25, 0.3) is 22.4 Å². The molecule has 0 atom stereocenters. The first kappa shape index (κ1) is 16.8. The Labute approximate surface area is 161 Å². The Morgan fingerprint density at radius 3 is 2.54 bits per heavy atom. The zero-order chi connectivity index (χ0) is 17.9. The lowest BCUT2D eigenvalue weighted by Crippen LogP contribution is -2.24. The summed E-state index contributed by atoms with van der Waals surface area (Å²) >= 11 is 6.56. The van der Waals surface area contributed by atoms with Crippen molar-refractivity contribution in [2.24, 2.45) is 10.8 Å². The number of rotatable bonds is 4. The molecule has 26 heavy (non-hydrogen) atoms. The third-order valence-electron chi connectivity index (χ3n) is 4.14. The van der Waals surface area contributed by atoms with Gasteiger partial charge in [0.05, 0.1) is 17.6 Å². The molecule has 7 heteroatoms. The van der Waals surface area contributed by atoms with Crippen molar-refractivity contribution in [3.63, 3.8) is 0 Å². The molecule has 3 aromatic rings. The van der Waals surface area contributed by atoms with Gasteiger partial charge in [-0.2, -0.15) is 5.10 Å². The maximum absolute atomic E-state index is 5.45. The topological polar surface area (TPSA) is 68.2 Å². The van der Waals surface area contributed by atoms with Crippen LogP contribution in [0, 0.1) is 0 Å². The molecule has 0 aliphatic carbocycles. The smallest absolute Gasteiger partial charge is 0.184 e. The van der Waals surface area contributed by atoms with Crippen LogP contribution >= 0.6 is 24.0 Å². The zero-order valence-electron chi connectivity index (χ0n) is 13.9. The summed E-state index contributed by atoms with van der Waals surface area (Å²) in [6.45, 7) is 0.920. The van der Waals surface area contributed by atoms with Crippen LogP contribution in [-0.4, -0.2) is 26.6 Å². The van der Waals surface area contributed by atoms with Gasteiger partial charge in [0.25, 0.3) is 0 Å². The van der Waals surface area contributed by atoms with Gasteiger partial charge < -0.3 is 10.3 Å². The highest BCUT2D eigenvalue weighted by molar-refractivity contribution is 7.99. The van der Waals surface area contributed by atoms with E-state index >= 15 is 0 Å². The summed E-state index contributed by atoms with van der Waals surface area (Å²) in [6, 6.07) is 18.8. The summed E-state index contributed by atoms with van der Waals surface area (Å²) in [4.78, 5) is 4.80. The van der Waals surface area contributed by atoms with Gasteiger partial charge in [-0.15, -0.1) is 0 Å². The maximum Gasteiger partial charge on any atom is 0.184 e. The number of nitrogens with two attached hydrogens (primary N) is 1. The molecular formula is C19H17N5S2. The highest BCUT2D eigenvalue weighted by Gasteiger charge is 2.21.